The van der Waals surface area contributed by atoms with Gasteiger partial charge >= 0.3 is 18.4 Å². The molecule has 2 aliphatic rings. The zero-order chi connectivity index (χ0) is 44.2. The molecule has 0 radical (unpaired) electrons. The average Bonchev–Trinajstić information content (AvgIpc) is 4.01. The van der Waals surface area contributed by atoms with Crippen molar-refractivity contribution in [3.8, 4) is 6.07 Å². The van der Waals surface area contributed by atoms with Gasteiger partial charge in [0.1, 0.15) is 12.4 Å². The van der Waals surface area contributed by atoms with Gasteiger partial charge in [-0.1, -0.05) is 29.4 Å². The molecule has 2 fully saturated rings. The molecule has 2 amide bonds. The first-order valence-electron chi connectivity index (χ1n) is 19.5. The number of ether oxygens (including phenoxy) is 1. The molecule has 3 heterocycles. The Labute approximate surface area is 348 Å². The molecule has 0 spiro atoms. The molecule has 0 unspecified atom stereocenters. The Bertz CT molecular complexity index is 2540. The topological polar surface area (TPSA) is 163 Å². The van der Waals surface area contributed by atoms with Crippen molar-refractivity contribution in [1.29, 1.82) is 5.26 Å². The van der Waals surface area contributed by atoms with Gasteiger partial charge in [-0.25, -0.2) is 9.07 Å². The maximum atomic E-state index is 15.1. The van der Waals surface area contributed by atoms with Crippen LogP contribution in [0.1, 0.15) is 51.5 Å². The van der Waals surface area contributed by atoms with E-state index in [2.05, 4.69) is 20.6 Å². The maximum absolute atomic E-state index is 15.1. The predicted molar refractivity (Wildman–Crippen MR) is 207 cm³/mol. The minimum atomic E-state index is -4.99. The van der Waals surface area contributed by atoms with Gasteiger partial charge in [-0.05, 0) is 54.8 Å². The summed E-state index contributed by atoms with van der Waals surface area (Å²) >= 11 is 0. The molecular weight excluding hydrogens is 831 g/mol. The summed E-state index contributed by atoms with van der Waals surface area (Å²) in [4.78, 5) is 43.1. The Morgan fingerprint density at radius 3 is 2.35 bits per heavy atom. The largest absolute Gasteiger partial charge is 0.417 e. The number of carbonyl (C=O) groups excluding carboxylic acids is 2. The minimum Gasteiger partial charge on any atom is -0.406 e. The number of nitriles is 1. The number of hydrogen-bond acceptors (Lipinski definition) is 11. The van der Waals surface area contributed by atoms with Crippen molar-refractivity contribution in [2.75, 3.05) is 62.7 Å². The van der Waals surface area contributed by atoms with Crippen molar-refractivity contribution < 1.29 is 49.5 Å². The molecule has 7 rings (SSSR count). The quantitative estimate of drug-likeness (QED) is 0.100. The van der Waals surface area contributed by atoms with Crippen molar-refractivity contribution in [3.05, 3.63) is 111 Å². The molecule has 326 valence electrons. The van der Waals surface area contributed by atoms with Crippen molar-refractivity contribution in [2.45, 2.75) is 44.7 Å². The number of amides is 2. The lowest BCUT2D eigenvalue weighted by molar-refractivity contribution is -0.137. The Morgan fingerprint density at radius 2 is 1.66 bits per heavy atom. The molecule has 62 heavy (non-hydrogen) atoms. The standard InChI is InChI=1S/C41H38F7N9O5/c42-33-10-5-25(19-31(33)37(59)55-14-12-54(13-15-55)36(58)26-6-7-26)20-34-29-3-1-2-4-30(29)38(60)57(53-34)16-18-61-17-11-50-39-52-51-35(62-39)23-56(24-40(43,44)45)28-9-8-27(22-49)32(21-28)41(46,47)48/h1-5,8-10,19,21,26H,6-7,11-18,20,23-24H2,(H,50,52). The van der Waals surface area contributed by atoms with Crippen LogP contribution in [0.3, 0.4) is 0 Å². The number of fused-ring (bicyclic) bond motifs is 1. The Hall–Kier alpha value is -6.56. The van der Waals surface area contributed by atoms with Crippen molar-refractivity contribution in [3.63, 3.8) is 0 Å². The summed E-state index contributed by atoms with van der Waals surface area (Å²) in [6.07, 6.45) is -7.87. The lowest BCUT2D eigenvalue weighted by Gasteiger charge is -2.35. The van der Waals surface area contributed by atoms with E-state index in [-0.39, 0.29) is 67.6 Å². The van der Waals surface area contributed by atoms with E-state index in [9.17, 15) is 40.7 Å². The second-order valence-corrected chi connectivity index (χ2v) is 14.8. The molecular formula is C41H38F7N9O5. The molecule has 1 aliphatic carbocycles. The lowest BCUT2D eigenvalue weighted by atomic mass is 10.0. The number of carbonyl (C=O) groups is 2. The van der Waals surface area contributed by atoms with Gasteiger partial charge in [-0.2, -0.15) is 36.7 Å². The fourth-order valence-electron chi connectivity index (χ4n) is 7.07. The van der Waals surface area contributed by atoms with Crippen LogP contribution in [0.2, 0.25) is 0 Å². The average molecular weight is 870 g/mol. The van der Waals surface area contributed by atoms with Crippen LogP contribution in [0.5, 0.6) is 0 Å². The Morgan fingerprint density at radius 1 is 0.935 bits per heavy atom. The monoisotopic (exact) mass is 869 g/mol. The van der Waals surface area contributed by atoms with Crippen molar-refractivity contribution in [1.82, 2.24) is 29.8 Å². The zero-order valence-corrected chi connectivity index (χ0v) is 32.8. The number of rotatable bonds is 15. The highest BCUT2D eigenvalue weighted by molar-refractivity contribution is 5.95. The number of alkyl halides is 6. The molecule has 1 saturated carbocycles. The number of nitrogens with zero attached hydrogens (tertiary/aromatic N) is 8. The first kappa shape index (κ1) is 43.5. The third-order valence-electron chi connectivity index (χ3n) is 10.3. The zero-order valence-electron chi connectivity index (χ0n) is 32.8. The van der Waals surface area contributed by atoms with E-state index < -0.39 is 54.0 Å². The fourth-order valence-corrected chi connectivity index (χ4v) is 7.07. The summed E-state index contributed by atoms with van der Waals surface area (Å²) in [5, 5.41) is 24.8. The van der Waals surface area contributed by atoms with Crippen molar-refractivity contribution in [2.24, 2.45) is 5.92 Å². The molecule has 1 saturated heterocycles. The Kier molecular flexibility index (Phi) is 12.8. The van der Waals surface area contributed by atoms with Gasteiger partial charge in [0.2, 0.25) is 11.8 Å². The van der Waals surface area contributed by atoms with Crippen LogP contribution in [0.15, 0.2) is 69.9 Å². The summed E-state index contributed by atoms with van der Waals surface area (Å²) in [5.74, 6) is -1.32. The van der Waals surface area contributed by atoms with Crippen LogP contribution in [-0.2, 0) is 35.2 Å². The molecule has 1 N–H and O–H groups in total. The number of piperazine rings is 1. The highest BCUT2D eigenvalue weighted by Crippen LogP contribution is 2.36. The number of aromatic nitrogens is 4. The third kappa shape index (κ3) is 10.5. The highest BCUT2D eigenvalue weighted by Gasteiger charge is 2.37. The molecule has 0 bridgehead atoms. The van der Waals surface area contributed by atoms with E-state index in [0.29, 0.717) is 59.2 Å². The van der Waals surface area contributed by atoms with Crippen LogP contribution in [0, 0.1) is 23.1 Å². The summed E-state index contributed by atoms with van der Waals surface area (Å²) in [5.41, 5.74) is -2.00. The van der Waals surface area contributed by atoms with Crippen molar-refractivity contribution >= 4 is 34.3 Å². The molecule has 3 aromatic carbocycles. The second-order valence-electron chi connectivity index (χ2n) is 14.8. The number of hydrogen-bond donors (Lipinski definition) is 1. The van der Waals surface area contributed by atoms with Gasteiger partial charge in [0.15, 0.2) is 0 Å². The van der Waals surface area contributed by atoms with Crippen LogP contribution in [-0.4, -0.2) is 100 Å². The van der Waals surface area contributed by atoms with E-state index in [1.54, 1.807) is 40.1 Å². The van der Waals surface area contributed by atoms with Gasteiger partial charge in [0.05, 0.1) is 60.1 Å². The molecule has 0 atom stereocenters. The summed E-state index contributed by atoms with van der Waals surface area (Å²) in [6.45, 7) is -0.819. The van der Waals surface area contributed by atoms with E-state index in [1.165, 1.54) is 22.9 Å². The maximum Gasteiger partial charge on any atom is 0.417 e. The summed E-state index contributed by atoms with van der Waals surface area (Å²) < 4.78 is 108. The lowest BCUT2D eigenvalue weighted by Crippen LogP contribution is -2.51. The van der Waals surface area contributed by atoms with E-state index in [1.807, 2.05) is 0 Å². The molecule has 1 aliphatic heterocycles. The van der Waals surface area contributed by atoms with Crippen LogP contribution < -0.4 is 15.8 Å². The SMILES string of the molecule is N#Cc1ccc(N(Cc2nnc(NCCOCCn3nc(Cc4ccc(F)c(C(=O)N5CCN(C(=O)C6CC6)CC5)c4)c4ccccc4c3=O)o2)CC(F)(F)F)cc1C(F)(F)F. The van der Waals surface area contributed by atoms with Gasteiger partial charge in [-0.3, -0.25) is 14.4 Å². The molecule has 21 heteroatoms. The van der Waals surface area contributed by atoms with Crippen LogP contribution in [0.4, 0.5) is 42.4 Å². The van der Waals surface area contributed by atoms with E-state index in [0.717, 1.165) is 25.0 Å². The molecule has 2 aromatic heterocycles. The van der Waals surface area contributed by atoms with Gasteiger partial charge in [0, 0.05) is 56.1 Å². The van der Waals surface area contributed by atoms with Crippen LogP contribution in [0.25, 0.3) is 10.8 Å². The highest BCUT2D eigenvalue weighted by atomic mass is 19.4. The van der Waals surface area contributed by atoms with Crippen LogP contribution >= 0.6 is 0 Å². The van der Waals surface area contributed by atoms with E-state index >= 15 is 4.39 Å². The number of benzene rings is 3. The second kappa shape index (κ2) is 18.2. The normalized spacial score (nSPS) is 14.5. The number of nitrogens with one attached hydrogen (secondary N) is 1. The van der Waals surface area contributed by atoms with E-state index in [4.69, 9.17) is 14.4 Å². The summed E-state index contributed by atoms with van der Waals surface area (Å²) in [7, 11) is 0. The predicted octanol–water partition coefficient (Wildman–Crippen LogP) is 5.79. The number of anilines is 2. The minimum absolute atomic E-state index is 0.0209. The van der Waals surface area contributed by atoms with Gasteiger partial charge < -0.3 is 29.2 Å². The first-order chi connectivity index (χ1) is 29.6. The van der Waals surface area contributed by atoms with Gasteiger partial charge in [-0.15, -0.1) is 5.10 Å². The molecule has 5 aromatic rings. The Balaban J connectivity index is 0.944. The number of halogens is 7. The molecule has 14 nitrogen and oxygen atoms in total. The smallest absolute Gasteiger partial charge is 0.406 e. The fraction of sp³-hybridized carbons (Fsp3) is 0.390. The first-order valence-corrected chi connectivity index (χ1v) is 19.5. The van der Waals surface area contributed by atoms with Gasteiger partial charge in [0.25, 0.3) is 11.5 Å². The third-order valence-corrected chi connectivity index (χ3v) is 10.3. The summed E-state index contributed by atoms with van der Waals surface area (Å²) in [6, 6.07) is 14.5.